The van der Waals surface area contributed by atoms with Gasteiger partial charge in [0.1, 0.15) is 11.5 Å². The fourth-order valence-electron chi connectivity index (χ4n) is 3.50. The van der Waals surface area contributed by atoms with Crippen LogP contribution in [0.5, 0.6) is 0 Å². The number of likely N-dealkylation sites (tertiary alicyclic amines) is 1. The molecule has 1 saturated heterocycles. The number of hydrogen-bond acceptors (Lipinski definition) is 6. The third kappa shape index (κ3) is 2.77. The van der Waals surface area contributed by atoms with Crippen LogP contribution in [-0.4, -0.2) is 42.0 Å². The maximum absolute atomic E-state index is 12.8. The van der Waals surface area contributed by atoms with Crippen molar-refractivity contribution in [2.75, 3.05) is 6.54 Å². The van der Waals surface area contributed by atoms with E-state index in [-0.39, 0.29) is 11.9 Å². The first kappa shape index (κ1) is 16.4. The Bertz CT molecular complexity index is 941. The molecule has 1 atom stereocenters. The average molecular weight is 352 g/mol. The molecule has 3 aromatic heterocycles. The van der Waals surface area contributed by atoms with Gasteiger partial charge in [0.2, 0.25) is 0 Å². The molecule has 0 radical (unpaired) electrons. The molecule has 0 saturated carbocycles. The summed E-state index contributed by atoms with van der Waals surface area (Å²) in [6.45, 7) is 4.43. The number of rotatable bonds is 3. The number of aromatic nitrogens is 5. The van der Waals surface area contributed by atoms with Gasteiger partial charge in [-0.25, -0.2) is 9.97 Å². The standard InChI is InChI=1S/C18H20N6O2/c1-11-17(12(2)26-22-11)14-8-19-7-13(21-14)16-5-4-6-24(16)18(25)15-9-23(3)10-20-15/h7-10,16H,4-6H2,1-3H3/t16-/m1/s1. The second-order valence-electron chi connectivity index (χ2n) is 6.61. The fourth-order valence-corrected chi connectivity index (χ4v) is 3.50. The largest absolute Gasteiger partial charge is 0.361 e. The smallest absolute Gasteiger partial charge is 0.274 e. The van der Waals surface area contributed by atoms with Gasteiger partial charge in [-0.3, -0.25) is 9.78 Å². The lowest BCUT2D eigenvalue weighted by Crippen LogP contribution is -2.31. The van der Waals surface area contributed by atoms with Gasteiger partial charge in [-0.2, -0.15) is 0 Å². The highest BCUT2D eigenvalue weighted by atomic mass is 16.5. The SMILES string of the molecule is Cc1noc(C)c1-c1cncc([C@H]2CCCN2C(=O)c2cn(C)cn2)n1. The third-order valence-electron chi connectivity index (χ3n) is 4.72. The predicted octanol–water partition coefficient (Wildman–Crippen LogP) is 2.46. The van der Waals surface area contributed by atoms with Gasteiger partial charge in [-0.15, -0.1) is 0 Å². The second kappa shape index (κ2) is 6.36. The minimum absolute atomic E-state index is 0.0716. The zero-order chi connectivity index (χ0) is 18.3. The van der Waals surface area contributed by atoms with E-state index in [1.165, 1.54) is 0 Å². The van der Waals surface area contributed by atoms with Gasteiger partial charge >= 0.3 is 0 Å². The Balaban J connectivity index is 1.66. The van der Waals surface area contributed by atoms with Crippen LogP contribution in [0.3, 0.4) is 0 Å². The van der Waals surface area contributed by atoms with Gasteiger partial charge in [0.05, 0.1) is 47.4 Å². The molecule has 1 fully saturated rings. The van der Waals surface area contributed by atoms with Crippen LogP contribution in [0.15, 0.2) is 29.4 Å². The van der Waals surface area contributed by atoms with Gasteiger partial charge < -0.3 is 14.0 Å². The molecular formula is C18H20N6O2. The van der Waals surface area contributed by atoms with E-state index in [2.05, 4.69) is 15.1 Å². The Morgan fingerprint density at radius 3 is 2.85 bits per heavy atom. The van der Waals surface area contributed by atoms with Crippen molar-refractivity contribution in [3.05, 3.63) is 47.8 Å². The van der Waals surface area contributed by atoms with Crippen LogP contribution in [-0.2, 0) is 7.05 Å². The molecule has 134 valence electrons. The number of carbonyl (C=O) groups is 1. The maximum Gasteiger partial charge on any atom is 0.274 e. The summed E-state index contributed by atoms with van der Waals surface area (Å²) in [6.07, 6.45) is 8.60. The van der Waals surface area contributed by atoms with E-state index in [1.54, 1.807) is 29.5 Å². The van der Waals surface area contributed by atoms with Crippen molar-refractivity contribution in [2.24, 2.45) is 7.05 Å². The van der Waals surface area contributed by atoms with E-state index in [9.17, 15) is 4.79 Å². The molecule has 0 spiro atoms. The molecule has 4 rings (SSSR count). The number of hydrogen-bond donors (Lipinski definition) is 0. The molecule has 1 aliphatic heterocycles. The van der Waals surface area contributed by atoms with Crippen molar-refractivity contribution in [1.29, 1.82) is 0 Å². The molecule has 0 aromatic carbocycles. The lowest BCUT2D eigenvalue weighted by molar-refractivity contribution is 0.0727. The summed E-state index contributed by atoms with van der Waals surface area (Å²) < 4.78 is 7.02. The van der Waals surface area contributed by atoms with Crippen LogP contribution >= 0.6 is 0 Å². The van der Waals surface area contributed by atoms with Crippen LogP contribution < -0.4 is 0 Å². The Hall–Kier alpha value is -3.03. The van der Waals surface area contributed by atoms with Crippen LogP contribution in [0.4, 0.5) is 0 Å². The van der Waals surface area contributed by atoms with Gasteiger partial charge in [0.25, 0.3) is 5.91 Å². The Morgan fingerprint density at radius 1 is 1.31 bits per heavy atom. The Kier molecular flexibility index (Phi) is 4.02. The average Bonchev–Trinajstić information content (AvgIpc) is 3.35. The highest BCUT2D eigenvalue weighted by Gasteiger charge is 2.33. The second-order valence-corrected chi connectivity index (χ2v) is 6.61. The first-order valence-corrected chi connectivity index (χ1v) is 8.58. The molecule has 1 aliphatic rings. The molecule has 1 amide bonds. The molecule has 0 bridgehead atoms. The number of aryl methyl sites for hydroxylation is 3. The predicted molar refractivity (Wildman–Crippen MR) is 93.2 cm³/mol. The van der Waals surface area contributed by atoms with E-state index in [0.717, 1.165) is 35.5 Å². The summed E-state index contributed by atoms with van der Waals surface area (Å²) in [7, 11) is 1.85. The van der Waals surface area contributed by atoms with E-state index in [4.69, 9.17) is 9.51 Å². The molecule has 0 aliphatic carbocycles. The minimum Gasteiger partial charge on any atom is -0.361 e. The van der Waals surface area contributed by atoms with Gasteiger partial charge in [-0.05, 0) is 26.7 Å². The lowest BCUT2D eigenvalue weighted by atomic mass is 10.1. The molecule has 0 unspecified atom stereocenters. The minimum atomic E-state index is -0.0996. The van der Waals surface area contributed by atoms with Crippen LogP contribution in [0.25, 0.3) is 11.3 Å². The summed E-state index contributed by atoms with van der Waals surface area (Å²) >= 11 is 0. The zero-order valence-corrected chi connectivity index (χ0v) is 15.0. The summed E-state index contributed by atoms with van der Waals surface area (Å²) in [5, 5.41) is 3.99. The quantitative estimate of drug-likeness (QED) is 0.719. The number of nitrogens with zero attached hydrogens (tertiary/aromatic N) is 6. The third-order valence-corrected chi connectivity index (χ3v) is 4.72. The summed E-state index contributed by atoms with van der Waals surface area (Å²) in [4.78, 5) is 28.0. The lowest BCUT2D eigenvalue weighted by Gasteiger charge is -2.23. The van der Waals surface area contributed by atoms with Crippen LogP contribution in [0, 0.1) is 13.8 Å². The van der Waals surface area contributed by atoms with Crippen molar-refractivity contribution in [3.8, 4) is 11.3 Å². The molecule has 26 heavy (non-hydrogen) atoms. The number of imidazole rings is 1. The summed E-state index contributed by atoms with van der Waals surface area (Å²) in [5.41, 5.74) is 3.59. The monoisotopic (exact) mass is 352 g/mol. The first-order chi connectivity index (χ1) is 12.5. The van der Waals surface area contributed by atoms with Gasteiger partial charge in [-0.1, -0.05) is 5.16 Å². The van der Waals surface area contributed by atoms with Crippen LogP contribution in [0.1, 0.15) is 46.5 Å². The van der Waals surface area contributed by atoms with E-state index >= 15 is 0 Å². The summed E-state index contributed by atoms with van der Waals surface area (Å²) in [6, 6.07) is -0.0996. The maximum atomic E-state index is 12.8. The normalized spacial score (nSPS) is 17.0. The van der Waals surface area contributed by atoms with Crippen molar-refractivity contribution < 1.29 is 9.32 Å². The Labute approximate surface area is 150 Å². The van der Waals surface area contributed by atoms with Crippen molar-refractivity contribution in [3.63, 3.8) is 0 Å². The molecule has 8 nitrogen and oxygen atoms in total. The van der Waals surface area contributed by atoms with Gasteiger partial charge in [0, 0.05) is 19.8 Å². The summed E-state index contributed by atoms with van der Waals surface area (Å²) in [5.74, 6) is 0.638. The fraction of sp³-hybridized carbons (Fsp3) is 0.389. The van der Waals surface area contributed by atoms with Crippen molar-refractivity contribution in [2.45, 2.75) is 32.7 Å². The molecule has 0 N–H and O–H groups in total. The molecule has 3 aromatic rings. The van der Waals surface area contributed by atoms with E-state index in [1.807, 2.05) is 25.8 Å². The van der Waals surface area contributed by atoms with Crippen molar-refractivity contribution in [1.82, 2.24) is 29.6 Å². The Morgan fingerprint density at radius 2 is 2.15 bits per heavy atom. The number of carbonyl (C=O) groups excluding carboxylic acids is 1. The molecule has 8 heteroatoms. The molecular weight excluding hydrogens is 332 g/mol. The topological polar surface area (TPSA) is 89.9 Å². The molecule has 4 heterocycles. The first-order valence-electron chi connectivity index (χ1n) is 8.58. The van der Waals surface area contributed by atoms with E-state index < -0.39 is 0 Å². The highest BCUT2D eigenvalue weighted by Crippen LogP contribution is 2.33. The van der Waals surface area contributed by atoms with Crippen molar-refractivity contribution >= 4 is 5.91 Å². The zero-order valence-electron chi connectivity index (χ0n) is 15.0. The van der Waals surface area contributed by atoms with E-state index in [0.29, 0.717) is 18.0 Å². The van der Waals surface area contributed by atoms with Crippen LogP contribution in [0.2, 0.25) is 0 Å². The highest BCUT2D eigenvalue weighted by molar-refractivity contribution is 5.92. The van der Waals surface area contributed by atoms with Gasteiger partial charge in [0.15, 0.2) is 0 Å². The number of amides is 1.